The summed E-state index contributed by atoms with van der Waals surface area (Å²) in [6.07, 6.45) is 8.38. The van der Waals surface area contributed by atoms with Gasteiger partial charge in [0.05, 0.1) is 6.04 Å². The van der Waals surface area contributed by atoms with Gasteiger partial charge >= 0.3 is 0 Å². The van der Waals surface area contributed by atoms with Gasteiger partial charge in [-0.3, -0.25) is 9.20 Å². The van der Waals surface area contributed by atoms with E-state index in [2.05, 4.69) is 10.3 Å². The summed E-state index contributed by atoms with van der Waals surface area (Å²) in [6.45, 7) is 2.04. The van der Waals surface area contributed by atoms with Crippen LogP contribution in [0.15, 0.2) is 4.99 Å². The van der Waals surface area contributed by atoms with E-state index in [1.54, 1.807) is 6.26 Å². The highest BCUT2D eigenvalue weighted by atomic mass is 32.2. The van der Waals surface area contributed by atoms with Crippen molar-refractivity contribution >= 4 is 27.7 Å². The fraction of sp³-hybridized carbons (Fsp3) is 0.917. The average molecular weight is 274 g/mol. The van der Waals surface area contributed by atoms with Gasteiger partial charge < -0.3 is 5.32 Å². The number of amidine groups is 1. The minimum atomic E-state index is -0.753. The van der Waals surface area contributed by atoms with Crippen LogP contribution in [0.2, 0.25) is 0 Å². The molecule has 0 bridgehead atoms. The minimum absolute atomic E-state index is 0.162. The summed E-state index contributed by atoms with van der Waals surface area (Å²) in [7, 11) is -0.753. The Hall–Kier alpha value is -0.0300. The lowest BCUT2D eigenvalue weighted by molar-refractivity contribution is 0.303. The van der Waals surface area contributed by atoms with Gasteiger partial charge in [0.2, 0.25) is 0 Å². The van der Waals surface area contributed by atoms with E-state index >= 15 is 0 Å². The summed E-state index contributed by atoms with van der Waals surface area (Å²) < 4.78 is 11.1. The zero-order valence-electron chi connectivity index (χ0n) is 10.7. The number of rotatable bonds is 3. The Bertz CT molecular complexity index is 324. The first-order chi connectivity index (χ1) is 8.10. The van der Waals surface area contributed by atoms with Crippen molar-refractivity contribution in [3.05, 3.63) is 0 Å². The second kappa shape index (κ2) is 5.74. The van der Waals surface area contributed by atoms with Crippen LogP contribution in [0.5, 0.6) is 0 Å². The van der Waals surface area contributed by atoms with Crippen molar-refractivity contribution in [1.82, 2.24) is 5.32 Å². The molecular weight excluding hydrogens is 252 g/mol. The van der Waals surface area contributed by atoms with Crippen molar-refractivity contribution < 1.29 is 4.21 Å². The fourth-order valence-electron chi connectivity index (χ4n) is 2.65. The van der Waals surface area contributed by atoms with Gasteiger partial charge in [0, 0.05) is 34.1 Å². The molecule has 0 aromatic heterocycles. The second-order valence-corrected chi connectivity index (χ2v) is 7.72. The summed E-state index contributed by atoms with van der Waals surface area (Å²) in [5.41, 5.74) is 0.326. The van der Waals surface area contributed by atoms with E-state index in [1.165, 1.54) is 32.1 Å². The molecule has 1 saturated heterocycles. The van der Waals surface area contributed by atoms with Crippen molar-refractivity contribution in [2.45, 2.75) is 50.6 Å². The predicted octanol–water partition coefficient (Wildman–Crippen LogP) is 2.15. The lowest BCUT2D eigenvalue weighted by Crippen LogP contribution is -2.45. The van der Waals surface area contributed by atoms with Crippen molar-refractivity contribution in [3.8, 4) is 0 Å². The van der Waals surface area contributed by atoms with E-state index < -0.39 is 10.8 Å². The van der Waals surface area contributed by atoms with Crippen LogP contribution in [-0.2, 0) is 10.8 Å². The second-order valence-electron chi connectivity index (χ2n) is 5.28. The van der Waals surface area contributed by atoms with E-state index in [0.717, 1.165) is 10.9 Å². The van der Waals surface area contributed by atoms with Gasteiger partial charge in [0.25, 0.3) is 0 Å². The number of nitrogens with zero attached hydrogens (tertiary/aromatic N) is 1. The van der Waals surface area contributed by atoms with Gasteiger partial charge in [0.1, 0.15) is 0 Å². The van der Waals surface area contributed by atoms with Crippen LogP contribution in [0.25, 0.3) is 0 Å². The van der Waals surface area contributed by atoms with Crippen molar-refractivity contribution in [2.75, 3.05) is 17.8 Å². The minimum Gasteiger partial charge on any atom is -0.359 e. The van der Waals surface area contributed by atoms with Crippen molar-refractivity contribution in [2.24, 2.45) is 4.99 Å². The first-order valence-electron chi connectivity index (χ1n) is 6.38. The molecule has 17 heavy (non-hydrogen) atoms. The Morgan fingerprint density at radius 2 is 2.18 bits per heavy atom. The quantitative estimate of drug-likeness (QED) is 0.857. The lowest BCUT2D eigenvalue weighted by atomic mass is 9.83. The molecule has 2 rings (SSSR count). The SMILES string of the molecule is CC(CS(C)=O)N=C1NC2(CCCCC2)CS1. The highest BCUT2D eigenvalue weighted by Crippen LogP contribution is 2.36. The van der Waals surface area contributed by atoms with Gasteiger partial charge in [-0.2, -0.15) is 0 Å². The number of nitrogens with one attached hydrogen (secondary N) is 1. The van der Waals surface area contributed by atoms with E-state index in [1.807, 2.05) is 18.7 Å². The third-order valence-corrected chi connectivity index (χ3v) is 5.61. The maximum absolute atomic E-state index is 11.1. The van der Waals surface area contributed by atoms with E-state index in [-0.39, 0.29) is 6.04 Å². The summed E-state index contributed by atoms with van der Waals surface area (Å²) in [6, 6.07) is 0.162. The van der Waals surface area contributed by atoms with Crippen LogP contribution in [0.4, 0.5) is 0 Å². The van der Waals surface area contributed by atoms with E-state index in [9.17, 15) is 4.21 Å². The molecule has 5 heteroatoms. The molecule has 0 aromatic rings. The molecule has 1 saturated carbocycles. The summed E-state index contributed by atoms with van der Waals surface area (Å²) in [4.78, 5) is 4.64. The predicted molar refractivity (Wildman–Crippen MR) is 77.2 cm³/mol. The lowest BCUT2D eigenvalue weighted by Gasteiger charge is -2.32. The number of aliphatic imine (C=N–C) groups is 1. The topological polar surface area (TPSA) is 41.5 Å². The molecule has 1 spiro atoms. The zero-order chi connectivity index (χ0) is 12.3. The van der Waals surface area contributed by atoms with Gasteiger partial charge in [0.15, 0.2) is 5.17 Å². The molecule has 1 aliphatic carbocycles. The molecule has 0 amide bonds. The molecule has 2 fully saturated rings. The third kappa shape index (κ3) is 3.71. The maximum Gasteiger partial charge on any atom is 0.157 e. The summed E-state index contributed by atoms with van der Waals surface area (Å²) in [5, 5.41) is 4.70. The average Bonchev–Trinajstić information content (AvgIpc) is 2.61. The first-order valence-corrected chi connectivity index (χ1v) is 9.10. The van der Waals surface area contributed by atoms with Gasteiger partial charge in [-0.15, -0.1) is 0 Å². The molecule has 2 unspecified atom stereocenters. The van der Waals surface area contributed by atoms with Crippen LogP contribution in [-0.4, -0.2) is 38.7 Å². The Morgan fingerprint density at radius 1 is 1.47 bits per heavy atom. The van der Waals surface area contributed by atoms with Crippen LogP contribution in [0, 0.1) is 0 Å². The van der Waals surface area contributed by atoms with Gasteiger partial charge in [-0.25, -0.2) is 0 Å². The summed E-state index contributed by atoms with van der Waals surface area (Å²) >= 11 is 1.84. The standard InChI is InChI=1S/C12H22N2OS2/c1-10(8-17(2)15)13-11-14-12(9-16-11)6-4-3-5-7-12/h10H,3-9H2,1-2H3,(H,13,14). The molecule has 98 valence electrons. The van der Waals surface area contributed by atoms with Crippen LogP contribution in [0.1, 0.15) is 39.0 Å². The van der Waals surface area contributed by atoms with Crippen molar-refractivity contribution in [3.63, 3.8) is 0 Å². The number of thioether (sulfide) groups is 1. The van der Waals surface area contributed by atoms with Gasteiger partial charge in [-0.1, -0.05) is 31.0 Å². The smallest absolute Gasteiger partial charge is 0.157 e. The monoisotopic (exact) mass is 274 g/mol. The third-order valence-electron chi connectivity index (χ3n) is 3.48. The van der Waals surface area contributed by atoms with Crippen LogP contribution < -0.4 is 5.32 Å². The number of hydrogen-bond acceptors (Lipinski definition) is 3. The summed E-state index contributed by atoms with van der Waals surface area (Å²) in [5.74, 6) is 1.83. The molecule has 0 aromatic carbocycles. The first kappa shape index (κ1) is 13.4. The molecule has 0 radical (unpaired) electrons. The Balaban J connectivity index is 1.92. The Labute approximate surface area is 111 Å². The molecule has 3 nitrogen and oxygen atoms in total. The highest BCUT2D eigenvalue weighted by Gasteiger charge is 2.38. The molecule has 2 atom stereocenters. The maximum atomic E-state index is 11.1. The Morgan fingerprint density at radius 3 is 2.82 bits per heavy atom. The number of hydrogen-bond donors (Lipinski definition) is 1. The molecular formula is C12H22N2OS2. The highest BCUT2D eigenvalue weighted by molar-refractivity contribution is 8.14. The zero-order valence-corrected chi connectivity index (χ0v) is 12.3. The molecule has 1 aliphatic heterocycles. The fourth-order valence-corrected chi connectivity index (χ4v) is 4.72. The van der Waals surface area contributed by atoms with Crippen LogP contribution in [0.3, 0.4) is 0 Å². The molecule has 2 aliphatic rings. The molecule has 1 heterocycles. The van der Waals surface area contributed by atoms with E-state index in [4.69, 9.17) is 0 Å². The van der Waals surface area contributed by atoms with Gasteiger partial charge in [-0.05, 0) is 19.8 Å². The Kier molecular flexibility index (Phi) is 4.53. The molecule has 1 N–H and O–H groups in total. The largest absolute Gasteiger partial charge is 0.359 e. The normalized spacial score (nSPS) is 29.2. The van der Waals surface area contributed by atoms with Crippen molar-refractivity contribution in [1.29, 1.82) is 0 Å². The van der Waals surface area contributed by atoms with Crippen LogP contribution >= 0.6 is 11.8 Å². The van der Waals surface area contributed by atoms with E-state index in [0.29, 0.717) is 11.3 Å².